The average molecular weight is 743 g/mol. The van der Waals surface area contributed by atoms with E-state index in [1.165, 1.54) is 29.1 Å². The Morgan fingerprint density at radius 3 is 2.38 bits per heavy atom. The summed E-state index contributed by atoms with van der Waals surface area (Å²) < 4.78 is 33.7. The number of nitrogens with one attached hydrogen (secondary N) is 1. The monoisotopic (exact) mass is 742 g/mol. The average Bonchev–Trinajstić information content (AvgIpc) is 3.46. The van der Waals surface area contributed by atoms with Crippen LogP contribution in [0.4, 0.5) is 11.4 Å². The molecule has 280 valence electrons. The van der Waals surface area contributed by atoms with Crippen LogP contribution in [0.3, 0.4) is 0 Å². The van der Waals surface area contributed by atoms with E-state index >= 15 is 0 Å². The van der Waals surface area contributed by atoms with Gasteiger partial charge in [-0.1, -0.05) is 31.4 Å². The Morgan fingerprint density at radius 2 is 1.74 bits per heavy atom. The van der Waals surface area contributed by atoms with Crippen LogP contribution in [0, 0.1) is 10.1 Å². The molecule has 4 aromatic rings. The van der Waals surface area contributed by atoms with Crippen LogP contribution >= 0.6 is 0 Å². The summed E-state index contributed by atoms with van der Waals surface area (Å²) >= 11 is 0. The minimum Gasteiger partial charge on any atom is -0.489 e. The third-order valence-electron chi connectivity index (χ3n) is 10.2. The van der Waals surface area contributed by atoms with E-state index in [1.807, 2.05) is 51.9 Å². The molecule has 1 aromatic heterocycles. The van der Waals surface area contributed by atoms with Gasteiger partial charge in [-0.25, -0.2) is 8.42 Å². The maximum absolute atomic E-state index is 13.1. The van der Waals surface area contributed by atoms with Gasteiger partial charge in [-0.15, -0.1) is 6.58 Å². The maximum Gasteiger partial charge on any atom is 0.269 e. The summed E-state index contributed by atoms with van der Waals surface area (Å²) in [5.41, 5.74) is 11.3. The van der Waals surface area contributed by atoms with Gasteiger partial charge >= 0.3 is 0 Å². The minimum absolute atomic E-state index is 0.0511. The second-order valence-electron chi connectivity index (χ2n) is 13.7. The predicted molar refractivity (Wildman–Crippen MR) is 206 cm³/mol. The molecule has 2 heterocycles. The quantitative estimate of drug-likeness (QED) is 0.0716. The summed E-state index contributed by atoms with van der Waals surface area (Å²) in [5.74, 6) is 0.115. The second-order valence-corrected chi connectivity index (χ2v) is 15.7. The van der Waals surface area contributed by atoms with Crippen molar-refractivity contribution in [2.75, 3.05) is 43.9 Å². The number of benzene rings is 3. The van der Waals surface area contributed by atoms with Gasteiger partial charge in [0.05, 0.1) is 22.4 Å². The summed E-state index contributed by atoms with van der Waals surface area (Å²) in [5, 5.41) is 15.6. The number of amides is 2. The lowest BCUT2D eigenvalue weighted by Gasteiger charge is -2.35. The number of ether oxygens (including phenoxy) is 1. The van der Waals surface area contributed by atoms with E-state index in [1.54, 1.807) is 12.1 Å². The number of primary amides is 1. The maximum atomic E-state index is 13.1. The van der Waals surface area contributed by atoms with Gasteiger partial charge in [0.15, 0.2) is 0 Å². The SMILES string of the molecule is C=CCCNC(=O)c1ccc2c(C3CCCCC3)c(-c3ccc(OCc4cc([N+](=O)[O-])ccc4N4CCN(S(C)(=O)=O)CC4)cc3)n(CC(N)=O)c2c1. The van der Waals surface area contributed by atoms with Crippen molar-refractivity contribution in [1.82, 2.24) is 14.2 Å². The summed E-state index contributed by atoms with van der Waals surface area (Å²) in [6.07, 6.45) is 9.02. The van der Waals surface area contributed by atoms with Crippen LogP contribution in [0.1, 0.15) is 65.9 Å². The fraction of sp³-hybridized carbons (Fsp3) is 0.385. The van der Waals surface area contributed by atoms with Crippen molar-refractivity contribution < 1.29 is 27.7 Å². The second kappa shape index (κ2) is 16.2. The van der Waals surface area contributed by atoms with Gasteiger partial charge in [-0.2, -0.15) is 4.31 Å². The number of hydrogen-bond acceptors (Lipinski definition) is 8. The Hall–Kier alpha value is -5.21. The zero-order valence-electron chi connectivity index (χ0n) is 30.0. The molecule has 0 atom stereocenters. The van der Waals surface area contributed by atoms with Gasteiger partial charge in [-0.3, -0.25) is 19.7 Å². The highest BCUT2D eigenvalue weighted by molar-refractivity contribution is 7.88. The number of nitro benzene ring substituents is 1. The normalized spacial score (nSPS) is 15.7. The van der Waals surface area contributed by atoms with E-state index in [0.29, 0.717) is 56.0 Å². The molecule has 53 heavy (non-hydrogen) atoms. The van der Waals surface area contributed by atoms with Crippen LogP contribution in [0.25, 0.3) is 22.2 Å². The molecule has 13 nitrogen and oxygen atoms in total. The van der Waals surface area contributed by atoms with Crippen molar-refractivity contribution in [3.8, 4) is 17.0 Å². The van der Waals surface area contributed by atoms with Crippen LogP contribution in [-0.4, -0.2) is 73.0 Å². The molecule has 14 heteroatoms. The molecule has 0 bridgehead atoms. The fourth-order valence-corrected chi connectivity index (χ4v) is 8.41. The molecule has 2 amide bonds. The van der Waals surface area contributed by atoms with Gasteiger partial charge in [0.2, 0.25) is 15.9 Å². The van der Waals surface area contributed by atoms with Crippen molar-refractivity contribution in [2.45, 2.75) is 57.6 Å². The zero-order valence-corrected chi connectivity index (χ0v) is 30.8. The molecule has 0 unspecified atom stereocenters. The topological polar surface area (TPSA) is 170 Å². The minimum atomic E-state index is -3.32. The van der Waals surface area contributed by atoms with Gasteiger partial charge in [0.1, 0.15) is 18.9 Å². The van der Waals surface area contributed by atoms with E-state index in [9.17, 15) is 28.1 Å². The lowest BCUT2D eigenvalue weighted by molar-refractivity contribution is -0.384. The molecule has 1 saturated carbocycles. The van der Waals surface area contributed by atoms with E-state index in [-0.39, 0.29) is 30.7 Å². The number of carbonyl (C=O) groups excluding carboxylic acids is 2. The number of aromatic nitrogens is 1. The lowest BCUT2D eigenvalue weighted by Crippen LogP contribution is -2.48. The molecular weight excluding hydrogens is 697 g/mol. The van der Waals surface area contributed by atoms with Crippen LogP contribution < -0.4 is 20.7 Å². The van der Waals surface area contributed by atoms with E-state index in [0.717, 1.165) is 59.1 Å². The number of hydrogen-bond donors (Lipinski definition) is 2. The molecule has 1 aliphatic heterocycles. The number of nitrogens with zero attached hydrogens (tertiary/aromatic N) is 4. The first-order valence-electron chi connectivity index (χ1n) is 18.0. The predicted octanol–water partition coefficient (Wildman–Crippen LogP) is 5.72. The summed E-state index contributed by atoms with van der Waals surface area (Å²) in [6, 6.07) is 17.9. The molecule has 2 fully saturated rings. The molecule has 3 N–H and O–H groups in total. The lowest BCUT2D eigenvalue weighted by atomic mass is 9.81. The van der Waals surface area contributed by atoms with E-state index in [4.69, 9.17) is 10.5 Å². The number of rotatable bonds is 14. The van der Waals surface area contributed by atoms with Crippen LogP contribution in [0.5, 0.6) is 5.75 Å². The van der Waals surface area contributed by atoms with Crippen LogP contribution in [0.15, 0.2) is 73.3 Å². The molecule has 3 aromatic carbocycles. The molecule has 1 saturated heterocycles. The van der Waals surface area contributed by atoms with Crippen LogP contribution in [-0.2, 0) is 28.0 Å². The Kier molecular flexibility index (Phi) is 11.5. The Morgan fingerprint density at radius 1 is 1.02 bits per heavy atom. The van der Waals surface area contributed by atoms with Gasteiger partial charge in [0.25, 0.3) is 11.6 Å². The summed E-state index contributed by atoms with van der Waals surface area (Å²) in [6.45, 7) is 5.69. The number of anilines is 1. The third kappa shape index (κ3) is 8.55. The molecular formula is C39H46N6O7S. The number of non-ortho nitro benzene ring substituents is 1. The fourth-order valence-electron chi connectivity index (χ4n) is 7.58. The molecule has 1 aliphatic carbocycles. The Labute approximate surface area is 309 Å². The number of nitrogens with two attached hydrogens (primary N) is 1. The largest absolute Gasteiger partial charge is 0.489 e. The standard InChI is InChI=1S/C39H46N6O7S/c1-3-4-18-41-39(47)29-12-16-33-35(24-29)44(25-36(40)46)38(37(33)27-8-6-5-7-9-27)28-10-14-32(15-11-28)52-26-30-23-31(45(48)49)13-17-34(30)42-19-21-43(22-20-42)53(2,50)51/h3,10-17,23-24,27H,1,4-9,18-22,25-26H2,2H3,(H2,40,46)(H,41,47). The molecule has 0 spiro atoms. The van der Waals surface area contributed by atoms with Crippen molar-refractivity contribution >= 4 is 44.1 Å². The van der Waals surface area contributed by atoms with E-state index < -0.39 is 20.9 Å². The van der Waals surface area contributed by atoms with Crippen molar-refractivity contribution in [3.05, 3.63) is 100 Å². The number of piperazine rings is 1. The van der Waals surface area contributed by atoms with Crippen molar-refractivity contribution in [3.63, 3.8) is 0 Å². The number of fused-ring (bicyclic) bond motifs is 1. The first-order valence-corrected chi connectivity index (χ1v) is 19.8. The highest BCUT2D eigenvalue weighted by atomic mass is 32.2. The Balaban J connectivity index is 1.32. The first kappa shape index (κ1) is 37.5. The third-order valence-corrected chi connectivity index (χ3v) is 11.5. The van der Waals surface area contributed by atoms with Crippen molar-refractivity contribution in [2.24, 2.45) is 5.73 Å². The zero-order chi connectivity index (χ0) is 37.7. The number of nitro groups is 1. The van der Waals surface area contributed by atoms with Crippen molar-refractivity contribution in [1.29, 1.82) is 0 Å². The molecule has 6 rings (SSSR count). The summed E-state index contributed by atoms with van der Waals surface area (Å²) in [4.78, 5) is 38.8. The van der Waals surface area contributed by atoms with E-state index in [2.05, 4.69) is 11.9 Å². The van der Waals surface area contributed by atoms with Gasteiger partial charge in [0, 0.05) is 67.1 Å². The smallest absolute Gasteiger partial charge is 0.269 e. The van der Waals surface area contributed by atoms with Gasteiger partial charge in [-0.05, 0) is 78.8 Å². The first-order chi connectivity index (χ1) is 25.4. The van der Waals surface area contributed by atoms with Crippen LogP contribution in [0.2, 0.25) is 0 Å². The number of sulfonamides is 1. The highest BCUT2D eigenvalue weighted by Crippen LogP contribution is 2.44. The Bertz CT molecular complexity index is 2120. The molecule has 0 radical (unpaired) electrons. The number of carbonyl (C=O) groups is 2. The highest BCUT2D eigenvalue weighted by Gasteiger charge is 2.28. The molecule has 2 aliphatic rings. The summed E-state index contributed by atoms with van der Waals surface area (Å²) in [7, 11) is -3.32. The van der Waals surface area contributed by atoms with Gasteiger partial charge < -0.3 is 25.3 Å².